The zero-order chi connectivity index (χ0) is 21.7. The molecule has 3 atom stereocenters. The summed E-state index contributed by atoms with van der Waals surface area (Å²) in [5.74, 6) is 1.14. The van der Waals surface area contributed by atoms with Gasteiger partial charge in [-0.3, -0.25) is 9.69 Å². The second-order valence-corrected chi connectivity index (χ2v) is 10.3. The Labute approximate surface area is 186 Å². The number of fused-ring (bicyclic) bond motifs is 3. The summed E-state index contributed by atoms with van der Waals surface area (Å²) in [6, 6.07) is 9.34. The molecule has 2 aromatic carbocycles. The average molecular weight is 418 g/mol. The molecule has 2 aliphatic carbocycles. The van der Waals surface area contributed by atoms with E-state index in [2.05, 4.69) is 49.9 Å². The van der Waals surface area contributed by atoms with Crippen LogP contribution in [0.25, 0.3) is 11.1 Å². The highest BCUT2D eigenvalue weighted by Gasteiger charge is 2.39. The molecule has 0 spiro atoms. The van der Waals surface area contributed by atoms with Crippen LogP contribution in [0, 0.1) is 32.6 Å². The lowest BCUT2D eigenvalue weighted by atomic mass is 9.79. The van der Waals surface area contributed by atoms with Gasteiger partial charge >= 0.3 is 5.97 Å². The third-order valence-corrected chi connectivity index (χ3v) is 8.54. The van der Waals surface area contributed by atoms with Crippen LogP contribution in [0.2, 0.25) is 0 Å². The first kappa shape index (κ1) is 20.8. The van der Waals surface area contributed by atoms with Gasteiger partial charge in [0.25, 0.3) is 0 Å². The quantitative estimate of drug-likeness (QED) is 0.679. The first-order valence-electron chi connectivity index (χ1n) is 12.1. The van der Waals surface area contributed by atoms with Gasteiger partial charge in [-0.05, 0) is 104 Å². The second kappa shape index (κ2) is 8.09. The fourth-order valence-electron chi connectivity index (χ4n) is 6.90. The third kappa shape index (κ3) is 3.71. The van der Waals surface area contributed by atoms with Crippen LogP contribution in [0.15, 0.2) is 24.3 Å². The number of aryl methyl sites for hydroxylation is 1. The summed E-state index contributed by atoms with van der Waals surface area (Å²) in [6.07, 6.45) is 8.23. The molecule has 1 aliphatic heterocycles. The maximum absolute atomic E-state index is 11.8. The Kier molecular flexibility index (Phi) is 5.42. The number of carboxylic acid groups (broad SMARTS) is 1. The lowest BCUT2D eigenvalue weighted by Crippen LogP contribution is -2.44. The van der Waals surface area contributed by atoms with Crippen LogP contribution in [-0.2, 0) is 24.2 Å². The van der Waals surface area contributed by atoms with Gasteiger partial charge in [0.15, 0.2) is 0 Å². The van der Waals surface area contributed by atoms with Gasteiger partial charge in [0.2, 0.25) is 0 Å². The van der Waals surface area contributed by atoms with Crippen molar-refractivity contribution in [1.82, 2.24) is 4.90 Å². The number of rotatable bonds is 4. The molecule has 0 aromatic heterocycles. The van der Waals surface area contributed by atoms with E-state index in [0.717, 1.165) is 54.1 Å². The van der Waals surface area contributed by atoms with E-state index in [1.165, 1.54) is 59.9 Å². The zero-order valence-corrected chi connectivity index (χ0v) is 19.2. The predicted molar refractivity (Wildman–Crippen MR) is 125 cm³/mol. The van der Waals surface area contributed by atoms with Crippen molar-refractivity contribution in [2.24, 2.45) is 11.8 Å². The number of hydrogen-bond donors (Lipinski definition) is 1. The number of nitrogens with zero attached hydrogens (tertiary/aromatic N) is 1. The SMILES string of the molecule is Cc1ccc(-c2c(C)c3c(c(C)c2CC(=O)O)CCN(C2CCC4CCC2C4)C3)cc1. The Morgan fingerprint density at radius 1 is 1.00 bits per heavy atom. The molecule has 0 amide bonds. The van der Waals surface area contributed by atoms with Gasteiger partial charge in [-0.25, -0.2) is 0 Å². The number of carbonyl (C=O) groups is 1. The van der Waals surface area contributed by atoms with Crippen molar-refractivity contribution >= 4 is 5.97 Å². The molecule has 0 radical (unpaired) electrons. The number of carboxylic acids is 1. The fourth-order valence-corrected chi connectivity index (χ4v) is 6.90. The van der Waals surface area contributed by atoms with E-state index in [1.54, 1.807) is 0 Å². The van der Waals surface area contributed by atoms with Crippen LogP contribution in [0.1, 0.15) is 65.5 Å². The van der Waals surface area contributed by atoms with Crippen molar-refractivity contribution in [3.05, 3.63) is 57.6 Å². The smallest absolute Gasteiger partial charge is 0.307 e. The van der Waals surface area contributed by atoms with Crippen LogP contribution in [0.4, 0.5) is 0 Å². The van der Waals surface area contributed by atoms with Gasteiger partial charge in [-0.15, -0.1) is 0 Å². The molecule has 0 saturated heterocycles. The predicted octanol–water partition coefficient (Wildman–Crippen LogP) is 5.84. The topological polar surface area (TPSA) is 40.5 Å². The highest BCUT2D eigenvalue weighted by molar-refractivity contribution is 5.81. The minimum absolute atomic E-state index is 0.0962. The number of aliphatic carboxylic acids is 1. The first-order valence-corrected chi connectivity index (χ1v) is 12.1. The molecule has 2 saturated carbocycles. The van der Waals surface area contributed by atoms with E-state index < -0.39 is 5.97 Å². The van der Waals surface area contributed by atoms with Gasteiger partial charge in [0.1, 0.15) is 0 Å². The maximum atomic E-state index is 11.8. The number of benzene rings is 2. The van der Waals surface area contributed by atoms with Crippen molar-refractivity contribution < 1.29 is 9.90 Å². The average Bonchev–Trinajstić information content (AvgIpc) is 3.13. The lowest BCUT2D eigenvalue weighted by Gasteiger charge is -2.42. The maximum Gasteiger partial charge on any atom is 0.307 e. The second-order valence-electron chi connectivity index (χ2n) is 10.3. The zero-order valence-electron chi connectivity index (χ0n) is 19.2. The van der Waals surface area contributed by atoms with E-state index in [9.17, 15) is 9.90 Å². The van der Waals surface area contributed by atoms with Crippen LogP contribution < -0.4 is 0 Å². The van der Waals surface area contributed by atoms with E-state index in [1.807, 2.05) is 0 Å². The molecular weight excluding hydrogens is 382 g/mol. The van der Waals surface area contributed by atoms with Gasteiger partial charge in [-0.2, -0.15) is 0 Å². The summed E-state index contributed by atoms with van der Waals surface area (Å²) in [7, 11) is 0. The first-order chi connectivity index (χ1) is 14.9. The normalized spacial score (nSPS) is 25.5. The Bertz CT molecular complexity index is 1010. The minimum Gasteiger partial charge on any atom is -0.481 e. The molecule has 1 N–H and O–H groups in total. The minimum atomic E-state index is -0.744. The molecule has 164 valence electrons. The highest BCUT2D eigenvalue weighted by atomic mass is 16.4. The molecule has 3 heteroatoms. The summed E-state index contributed by atoms with van der Waals surface area (Å²) >= 11 is 0. The van der Waals surface area contributed by atoms with Crippen molar-refractivity contribution in [3.8, 4) is 11.1 Å². The summed E-state index contributed by atoms with van der Waals surface area (Å²) in [5, 5.41) is 9.67. The van der Waals surface area contributed by atoms with E-state index in [-0.39, 0.29) is 6.42 Å². The van der Waals surface area contributed by atoms with Gasteiger partial charge in [0.05, 0.1) is 6.42 Å². The van der Waals surface area contributed by atoms with Crippen LogP contribution in [0.3, 0.4) is 0 Å². The lowest BCUT2D eigenvalue weighted by molar-refractivity contribution is -0.136. The highest BCUT2D eigenvalue weighted by Crippen LogP contribution is 2.46. The van der Waals surface area contributed by atoms with Crippen LogP contribution >= 0.6 is 0 Å². The van der Waals surface area contributed by atoms with Gasteiger partial charge in [0, 0.05) is 19.1 Å². The summed E-state index contributed by atoms with van der Waals surface area (Å²) in [5.41, 5.74) is 9.94. The monoisotopic (exact) mass is 417 g/mol. The number of hydrogen-bond acceptors (Lipinski definition) is 2. The van der Waals surface area contributed by atoms with Gasteiger partial charge < -0.3 is 5.11 Å². The van der Waals surface area contributed by atoms with Crippen molar-refractivity contribution in [2.75, 3.05) is 6.54 Å². The van der Waals surface area contributed by atoms with Crippen LogP contribution in [0.5, 0.6) is 0 Å². The van der Waals surface area contributed by atoms with E-state index in [4.69, 9.17) is 0 Å². The molecule has 3 unspecified atom stereocenters. The molecule has 2 aromatic rings. The molecule has 3 aliphatic rings. The Morgan fingerprint density at radius 2 is 1.74 bits per heavy atom. The Morgan fingerprint density at radius 3 is 2.48 bits per heavy atom. The Balaban J connectivity index is 1.57. The molecule has 3 nitrogen and oxygen atoms in total. The van der Waals surface area contributed by atoms with E-state index >= 15 is 0 Å². The molecule has 1 heterocycles. The molecule has 2 fully saturated rings. The summed E-state index contributed by atoms with van der Waals surface area (Å²) < 4.78 is 0. The molecule has 5 rings (SSSR count). The summed E-state index contributed by atoms with van der Waals surface area (Å²) in [4.78, 5) is 14.5. The van der Waals surface area contributed by atoms with Gasteiger partial charge in [-0.1, -0.05) is 36.2 Å². The molecular formula is C28H35NO2. The summed E-state index contributed by atoms with van der Waals surface area (Å²) in [6.45, 7) is 8.64. The Hall–Kier alpha value is -2.13. The fraction of sp³-hybridized carbons (Fsp3) is 0.536. The van der Waals surface area contributed by atoms with Crippen molar-refractivity contribution in [3.63, 3.8) is 0 Å². The standard InChI is InChI=1S/C28H35NO2/c1-17-4-8-21(9-5-17)28-19(3)25-16-29(26-11-7-20-6-10-22(26)14-20)13-12-23(25)18(2)24(28)15-27(30)31/h4-5,8-9,20,22,26H,6-7,10-16H2,1-3H3,(H,30,31). The van der Waals surface area contributed by atoms with Crippen molar-refractivity contribution in [2.45, 2.75) is 78.3 Å². The van der Waals surface area contributed by atoms with Crippen molar-refractivity contribution in [1.29, 1.82) is 0 Å². The molecule has 2 bridgehead atoms. The molecule has 31 heavy (non-hydrogen) atoms. The third-order valence-electron chi connectivity index (χ3n) is 8.54. The van der Waals surface area contributed by atoms with Crippen LogP contribution in [-0.4, -0.2) is 28.6 Å². The largest absolute Gasteiger partial charge is 0.481 e. The van der Waals surface area contributed by atoms with E-state index in [0.29, 0.717) is 0 Å².